The molecule has 0 saturated heterocycles. The lowest BCUT2D eigenvalue weighted by atomic mass is 10.1. The molecule has 0 spiro atoms. The van der Waals surface area contributed by atoms with Crippen LogP contribution in [-0.2, 0) is 0 Å². The summed E-state index contributed by atoms with van der Waals surface area (Å²) in [6, 6.07) is 8.85. The molecule has 1 aromatic heterocycles. The average Bonchev–Trinajstić information content (AvgIpc) is 2.43. The largest absolute Gasteiger partial charge is 0.392 e. The second kappa shape index (κ2) is 5.75. The first-order valence-electron chi connectivity index (χ1n) is 6.07. The molecule has 1 unspecified atom stereocenters. The SMILES string of the molecule is CCC(NC(=O)c1cccc2ncccc12)C(N)=S. The molecule has 1 heterocycles. The highest BCUT2D eigenvalue weighted by molar-refractivity contribution is 7.80. The Morgan fingerprint density at radius 1 is 1.42 bits per heavy atom. The number of amides is 1. The van der Waals surface area contributed by atoms with Crippen LogP contribution in [0.5, 0.6) is 0 Å². The maximum Gasteiger partial charge on any atom is 0.252 e. The molecule has 0 radical (unpaired) electrons. The third-order valence-corrected chi connectivity index (χ3v) is 3.23. The number of aromatic nitrogens is 1. The van der Waals surface area contributed by atoms with Crippen LogP contribution in [0.3, 0.4) is 0 Å². The normalized spacial score (nSPS) is 12.1. The van der Waals surface area contributed by atoms with Gasteiger partial charge in [0, 0.05) is 17.1 Å². The quantitative estimate of drug-likeness (QED) is 0.836. The van der Waals surface area contributed by atoms with Crippen molar-refractivity contribution in [1.29, 1.82) is 0 Å². The first kappa shape index (κ1) is 13.4. The molecule has 2 rings (SSSR count). The van der Waals surface area contributed by atoms with E-state index in [1.807, 2.05) is 31.2 Å². The van der Waals surface area contributed by atoms with Crippen molar-refractivity contribution in [2.24, 2.45) is 5.73 Å². The molecule has 0 aliphatic heterocycles. The second-order valence-electron chi connectivity index (χ2n) is 4.21. The van der Waals surface area contributed by atoms with E-state index in [-0.39, 0.29) is 11.9 Å². The van der Waals surface area contributed by atoms with E-state index in [1.165, 1.54) is 0 Å². The standard InChI is InChI=1S/C14H15N3OS/c1-2-11(13(15)19)17-14(18)10-5-3-7-12-9(10)6-4-8-16-12/h3-8,11H,2H2,1H3,(H2,15,19)(H,17,18). The van der Waals surface area contributed by atoms with Crippen LogP contribution in [0.4, 0.5) is 0 Å². The Morgan fingerprint density at radius 2 is 2.21 bits per heavy atom. The molecule has 1 amide bonds. The molecular formula is C14H15N3OS. The molecule has 1 atom stereocenters. The smallest absolute Gasteiger partial charge is 0.252 e. The summed E-state index contributed by atoms with van der Waals surface area (Å²) in [6.07, 6.45) is 2.37. The van der Waals surface area contributed by atoms with Crippen LogP contribution in [0.15, 0.2) is 36.5 Å². The lowest BCUT2D eigenvalue weighted by Gasteiger charge is -2.16. The summed E-state index contributed by atoms with van der Waals surface area (Å²) in [4.78, 5) is 16.8. The molecule has 0 aliphatic carbocycles. The van der Waals surface area contributed by atoms with E-state index < -0.39 is 0 Å². The second-order valence-corrected chi connectivity index (χ2v) is 4.68. The first-order chi connectivity index (χ1) is 9.13. The number of hydrogen-bond acceptors (Lipinski definition) is 3. The number of carbonyl (C=O) groups excluding carboxylic acids is 1. The number of nitrogens with two attached hydrogens (primary N) is 1. The molecule has 0 aliphatic rings. The monoisotopic (exact) mass is 273 g/mol. The van der Waals surface area contributed by atoms with E-state index >= 15 is 0 Å². The fourth-order valence-corrected chi connectivity index (χ4v) is 2.14. The number of nitrogens with one attached hydrogen (secondary N) is 1. The van der Waals surface area contributed by atoms with Crippen LogP contribution in [-0.4, -0.2) is 21.9 Å². The topological polar surface area (TPSA) is 68.0 Å². The number of nitrogens with zero attached hydrogens (tertiary/aromatic N) is 1. The van der Waals surface area contributed by atoms with Crippen LogP contribution < -0.4 is 11.1 Å². The van der Waals surface area contributed by atoms with Crippen molar-refractivity contribution in [3.63, 3.8) is 0 Å². The Hall–Kier alpha value is -2.01. The number of thiocarbonyl (C=S) groups is 1. The Morgan fingerprint density at radius 3 is 2.89 bits per heavy atom. The van der Waals surface area contributed by atoms with Crippen LogP contribution >= 0.6 is 12.2 Å². The third kappa shape index (κ3) is 2.88. The molecule has 5 heteroatoms. The molecule has 3 N–H and O–H groups in total. The van der Waals surface area contributed by atoms with E-state index in [2.05, 4.69) is 10.3 Å². The van der Waals surface area contributed by atoms with Crippen molar-refractivity contribution in [3.8, 4) is 0 Å². The van der Waals surface area contributed by atoms with Gasteiger partial charge in [-0.05, 0) is 24.6 Å². The number of fused-ring (bicyclic) bond motifs is 1. The number of carbonyl (C=O) groups is 1. The number of hydrogen-bond donors (Lipinski definition) is 2. The summed E-state index contributed by atoms with van der Waals surface area (Å²) in [5.74, 6) is -0.182. The molecule has 98 valence electrons. The molecule has 0 bridgehead atoms. The van der Waals surface area contributed by atoms with Gasteiger partial charge in [-0.25, -0.2) is 0 Å². The van der Waals surface area contributed by atoms with E-state index in [9.17, 15) is 4.79 Å². The van der Waals surface area contributed by atoms with Gasteiger partial charge < -0.3 is 11.1 Å². The van der Waals surface area contributed by atoms with E-state index in [0.717, 1.165) is 10.9 Å². The van der Waals surface area contributed by atoms with Crippen LogP contribution in [0.25, 0.3) is 10.9 Å². The van der Waals surface area contributed by atoms with Gasteiger partial charge in [-0.15, -0.1) is 0 Å². The van der Waals surface area contributed by atoms with E-state index in [1.54, 1.807) is 12.3 Å². The molecule has 19 heavy (non-hydrogen) atoms. The molecule has 1 aromatic carbocycles. The average molecular weight is 273 g/mol. The Balaban J connectivity index is 2.34. The lowest BCUT2D eigenvalue weighted by Crippen LogP contribution is -2.43. The van der Waals surface area contributed by atoms with Crippen molar-refractivity contribution in [1.82, 2.24) is 10.3 Å². The minimum atomic E-state index is -0.283. The predicted octanol–water partition coefficient (Wildman–Crippen LogP) is 2.03. The van der Waals surface area contributed by atoms with Crippen LogP contribution in [0.1, 0.15) is 23.7 Å². The van der Waals surface area contributed by atoms with Crippen molar-refractivity contribution < 1.29 is 4.79 Å². The molecule has 4 nitrogen and oxygen atoms in total. The molecule has 2 aromatic rings. The van der Waals surface area contributed by atoms with Crippen molar-refractivity contribution >= 4 is 34.0 Å². The zero-order chi connectivity index (χ0) is 13.8. The fraction of sp³-hybridized carbons (Fsp3) is 0.214. The molecular weight excluding hydrogens is 258 g/mol. The zero-order valence-electron chi connectivity index (χ0n) is 10.6. The third-order valence-electron chi connectivity index (χ3n) is 2.95. The minimum Gasteiger partial charge on any atom is -0.392 e. The van der Waals surface area contributed by atoms with Gasteiger partial charge in [0.25, 0.3) is 5.91 Å². The molecule has 0 saturated carbocycles. The Bertz CT molecular complexity index is 622. The maximum absolute atomic E-state index is 12.3. The van der Waals surface area contributed by atoms with Gasteiger partial charge in [-0.3, -0.25) is 9.78 Å². The highest BCUT2D eigenvalue weighted by Crippen LogP contribution is 2.16. The highest BCUT2D eigenvalue weighted by atomic mass is 32.1. The summed E-state index contributed by atoms with van der Waals surface area (Å²) >= 11 is 4.93. The van der Waals surface area contributed by atoms with E-state index in [0.29, 0.717) is 17.0 Å². The van der Waals surface area contributed by atoms with Crippen molar-refractivity contribution in [2.45, 2.75) is 19.4 Å². The van der Waals surface area contributed by atoms with Crippen LogP contribution in [0, 0.1) is 0 Å². The summed E-state index contributed by atoms with van der Waals surface area (Å²) < 4.78 is 0. The summed E-state index contributed by atoms with van der Waals surface area (Å²) in [6.45, 7) is 1.93. The Labute approximate surface area is 117 Å². The van der Waals surface area contributed by atoms with Gasteiger partial charge in [-0.2, -0.15) is 0 Å². The predicted molar refractivity (Wildman–Crippen MR) is 80.1 cm³/mol. The maximum atomic E-state index is 12.3. The summed E-state index contributed by atoms with van der Waals surface area (Å²) in [5, 5.41) is 3.66. The number of pyridine rings is 1. The van der Waals surface area contributed by atoms with Crippen molar-refractivity contribution in [3.05, 3.63) is 42.1 Å². The zero-order valence-corrected chi connectivity index (χ0v) is 11.4. The first-order valence-corrected chi connectivity index (χ1v) is 6.48. The van der Waals surface area contributed by atoms with Crippen LogP contribution in [0.2, 0.25) is 0 Å². The van der Waals surface area contributed by atoms with Crippen molar-refractivity contribution in [2.75, 3.05) is 0 Å². The van der Waals surface area contributed by atoms with Gasteiger partial charge >= 0.3 is 0 Å². The number of benzene rings is 1. The van der Waals surface area contributed by atoms with Gasteiger partial charge in [0.2, 0.25) is 0 Å². The number of rotatable bonds is 4. The van der Waals surface area contributed by atoms with Gasteiger partial charge in [0.05, 0.1) is 16.5 Å². The summed E-state index contributed by atoms with van der Waals surface area (Å²) in [5.41, 5.74) is 6.96. The Kier molecular flexibility index (Phi) is 4.06. The van der Waals surface area contributed by atoms with E-state index in [4.69, 9.17) is 18.0 Å². The minimum absolute atomic E-state index is 0.182. The van der Waals surface area contributed by atoms with Gasteiger partial charge in [0.1, 0.15) is 0 Å². The molecule has 0 fully saturated rings. The lowest BCUT2D eigenvalue weighted by molar-refractivity contribution is 0.0948. The fourth-order valence-electron chi connectivity index (χ4n) is 1.91. The summed E-state index contributed by atoms with van der Waals surface area (Å²) in [7, 11) is 0. The van der Waals surface area contributed by atoms with Gasteiger partial charge in [-0.1, -0.05) is 31.3 Å². The highest BCUT2D eigenvalue weighted by Gasteiger charge is 2.16. The van der Waals surface area contributed by atoms with Gasteiger partial charge in [0.15, 0.2) is 0 Å².